The molecule has 5 heteroatoms. The van der Waals surface area contributed by atoms with Crippen LogP contribution in [0.3, 0.4) is 0 Å². The molecule has 0 bridgehead atoms. The Balaban J connectivity index is 1.78. The topological polar surface area (TPSA) is 58.6 Å². The number of benzene rings is 1. The molecule has 0 radical (unpaired) electrons. The Bertz CT molecular complexity index is 638. The number of amides is 1. The van der Waals surface area contributed by atoms with Crippen molar-refractivity contribution in [3.05, 3.63) is 35.9 Å². The van der Waals surface area contributed by atoms with Gasteiger partial charge in [0.15, 0.2) is 5.78 Å². The van der Waals surface area contributed by atoms with Gasteiger partial charge in [-0.15, -0.1) is 0 Å². The Kier molecular flexibility index (Phi) is 4.87. The predicted molar refractivity (Wildman–Crippen MR) is 96.2 cm³/mol. The minimum atomic E-state index is -0.634. The summed E-state index contributed by atoms with van der Waals surface area (Å²) in [4.78, 5) is 27.2. The van der Waals surface area contributed by atoms with Crippen molar-refractivity contribution in [3.8, 4) is 0 Å². The monoisotopic (exact) mass is 344 g/mol. The van der Waals surface area contributed by atoms with E-state index in [0.717, 1.165) is 18.4 Å². The maximum atomic E-state index is 12.8. The highest BCUT2D eigenvalue weighted by Crippen LogP contribution is 2.39. The zero-order chi connectivity index (χ0) is 18.1. The van der Waals surface area contributed by atoms with Gasteiger partial charge in [-0.25, -0.2) is 4.79 Å². The highest BCUT2D eigenvalue weighted by molar-refractivity contribution is 5.93. The normalized spacial score (nSPS) is 26.4. The fourth-order valence-corrected chi connectivity index (χ4v) is 4.03. The summed E-state index contributed by atoms with van der Waals surface area (Å²) in [5, 5.41) is 3.51. The van der Waals surface area contributed by atoms with Crippen LogP contribution in [0.2, 0.25) is 0 Å². The lowest BCUT2D eigenvalue weighted by atomic mass is 9.82. The van der Waals surface area contributed by atoms with Gasteiger partial charge in [-0.3, -0.25) is 10.1 Å². The van der Waals surface area contributed by atoms with Gasteiger partial charge < -0.3 is 9.64 Å². The average molecular weight is 344 g/mol. The van der Waals surface area contributed by atoms with Crippen molar-refractivity contribution in [1.29, 1.82) is 0 Å². The van der Waals surface area contributed by atoms with E-state index in [2.05, 4.69) is 5.32 Å². The van der Waals surface area contributed by atoms with Crippen LogP contribution < -0.4 is 5.32 Å². The van der Waals surface area contributed by atoms with Crippen molar-refractivity contribution in [2.45, 2.75) is 70.2 Å². The molecule has 1 aromatic rings. The van der Waals surface area contributed by atoms with Crippen LogP contribution in [0.15, 0.2) is 30.3 Å². The minimum Gasteiger partial charge on any atom is -0.444 e. The molecular weight excluding hydrogens is 316 g/mol. The molecule has 25 heavy (non-hydrogen) atoms. The van der Waals surface area contributed by atoms with Crippen LogP contribution in [0, 0.1) is 0 Å². The number of carbonyl (C=O) groups excluding carboxylic acids is 2. The number of ether oxygens (including phenoxy) is 1. The van der Waals surface area contributed by atoms with E-state index in [4.69, 9.17) is 4.74 Å². The second kappa shape index (κ2) is 6.79. The Morgan fingerprint density at radius 1 is 1.32 bits per heavy atom. The van der Waals surface area contributed by atoms with E-state index in [9.17, 15) is 9.59 Å². The van der Waals surface area contributed by atoms with E-state index in [0.29, 0.717) is 25.9 Å². The SMILES string of the molecule is CC(C)(C)OC(=O)N1CCC[C@]2(NCc3ccccc3)C(=O)CCC12. The summed E-state index contributed by atoms with van der Waals surface area (Å²) < 4.78 is 5.58. The maximum absolute atomic E-state index is 12.8. The molecule has 1 saturated carbocycles. The van der Waals surface area contributed by atoms with Gasteiger partial charge in [-0.2, -0.15) is 0 Å². The second-order valence-electron chi connectivity index (χ2n) is 8.07. The van der Waals surface area contributed by atoms with E-state index >= 15 is 0 Å². The van der Waals surface area contributed by atoms with Crippen LogP contribution >= 0.6 is 0 Å². The highest BCUT2D eigenvalue weighted by atomic mass is 16.6. The first-order chi connectivity index (χ1) is 11.8. The summed E-state index contributed by atoms with van der Waals surface area (Å²) in [6.07, 6.45) is 2.51. The van der Waals surface area contributed by atoms with Crippen molar-refractivity contribution in [3.63, 3.8) is 0 Å². The third-order valence-electron chi connectivity index (χ3n) is 5.14. The quantitative estimate of drug-likeness (QED) is 0.914. The smallest absolute Gasteiger partial charge is 0.410 e. The molecule has 1 heterocycles. The molecule has 2 atom stereocenters. The molecule has 1 aliphatic heterocycles. The largest absolute Gasteiger partial charge is 0.444 e. The van der Waals surface area contributed by atoms with Gasteiger partial charge in [0.25, 0.3) is 0 Å². The number of Topliss-reactive ketones (excluding diaryl/α,β-unsaturated/α-hetero) is 1. The molecule has 136 valence electrons. The van der Waals surface area contributed by atoms with Crippen molar-refractivity contribution in [1.82, 2.24) is 10.2 Å². The lowest BCUT2D eigenvalue weighted by molar-refractivity contribution is -0.125. The van der Waals surface area contributed by atoms with Crippen LogP contribution in [0.5, 0.6) is 0 Å². The molecule has 1 unspecified atom stereocenters. The fourth-order valence-electron chi connectivity index (χ4n) is 4.03. The number of hydrogen-bond donors (Lipinski definition) is 1. The standard InChI is InChI=1S/C20H28N2O3/c1-19(2,3)25-18(24)22-13-7-12-20(16(22)10-11-17(20)23)21-14-15-8-5-4-6-9-15/h4-6,8-9,16,21H,7,10-14H2,1-3H3/t16?,20-/m1/s1. The lowest BCUT2D eigenvalue weighted by Crippen LogP contribution is -2.65. The zero-order valence-corrected chi connectivity index (χ0v) is 15.4. The third kappa shape index (κ3) is 3.71. The molecule has 1 aliphatic carbocycles. The van der Waals surface area contributed by atoms with Crippen LogP contribution in [0.4, 0.5) is 4.79 Å². The molecule has 1 amide bonds. The van der Waals surface area contributed by atoms with Gasteiger partial charge in [0.05, 0.1) is 11.6 Å². The summed E-state index contributed by atoms with van der Waals surface area (Å²) >= 11 is 0. The predicted octanol–water partition coefficient (Wildman–Crippen LogP) is 3.28. The summed E-state index contributed by atoms with van der Waals surface area (Å²) in [6.45, 7) is 6.90. The summed E-state index contributed by atoms with van der Waals surface area (Å²) in [6, 6.07) is 9.95. The molecule has 1 saturated heterocycles. The van der Waals surface area contributed by atoms with Gasteiger partial charge in [0.1, 0.15) is 5.60 Å². The second-order valence-corrected chi connectivity index (χ2v) is 8.07. The van der Waals surface area contributed by atoms with Gasteiger partial charge in [0, 0.05) is 19.5 Å². The first-order valence-electron chi connectivity index (χ1n) is 9.14. The molecule has 2 aliphatic rings. The molecule has 0 aromatic heterocycles. The molecular formula is C20H28N2O3. The van der Waals surface area contributed by atoms with E-state index in [-0.39, 0.29) is 17.9 Å². The van der Waals surface area contributed by atoms with Crippen molar-refractivity contribution >= 4 is 11.9 Å². The Morgan fingerprint density at radius 2 is 2.04 bits per heavy atom. The fraction of sp³-hybridized carbons (Fsp3) is 0.600. The van der Waals surface area contributed by atoms with Crippen LogP contribution in [-0.2, 0) is 16.1 Å². The van der Waals surface area contributed by atoms with Crippen LogP contribution in [0.1, 0.15) is 52.0 Å². The number of fused-ring (bicyclic) bond motifs is 1. The lowest BCUT2D eigenvalue weighted by Gasteiger charge is -2.45. The summed E-state index contributed by atoms with van der Waals surface area (Å²) in [7, 11) is 0. The van der Waals surface area contributed by atoms with Gasteiger partial charge in [0.2, 0.25) is 0 Å². The summed E-state index contributed by atoms with van der Waals surface area (Å²) in [5.41, 5.74) is -0.0212. The Labute approximate surface area is 149 Å². The molecule has 2 fully saturated rings. The first kappa shape index (κ1) is 17.9. The van der Waals surface area contributed by atoms with E-state index in [1.807, 2.05) is 51.1 Å². The number of hydrogen-bond acceptors (Lipinski definition) is 4. The molecule has 5 nitrogen and oxygen atoms in total. The minimum absolute atomic E-state index is 0.118. The van der Waals surface area contributed by atoms with Crippen molar-refractivity contribution in [2.24, 2.45) is 0 Å². The van der Waals surface area contributed by atoms with Crippen molar-refractivity contribution in [2.75, 3.05) is 6.54 Å². The first-order valence-corrected chi connectivity index (χ1v) is 9.14. The van der Waals surface area contributed by atoms with Crippen molar-refractivity contribution < 1.29 is 14.3 Å². The number of likely N-dealkylation sites (tertiary alicyclic amines) is 1. The number of rotatable bonds is 3. The third-order valence-corrected chi connectivity index (χ3v) is 5.14. The Morgan fingerprint density at radius 3 is 2.72 bits per heavy atom. The molecule has 3 rings (SSSR count). The zero-order valence-electron chi connectivity index (χ0n) is 15.4. The number of carbonyl (C=O) groups is 2. The number of nitrogens with zero attached hydrogens (tertiary/aromatic N) is 1. The molecule has 0 spiro atoms. The number of piperidine rings is 1. The summed E-state index contributed by atoms with van der Waals surface area (Å²) in [5.74, 6) is 0.224. The van der Waals surface area contributed by atoms with E-state index < -0.39 is 11.1 Å². The number of nitrogens with one attached hydrogen (secondary N) is 1. The van der Waals surface area contributed by atoms with Crippen LogP contribution in [-0.4, -0.2) is 40.5 Å². The molecule has 1 aromatic carbocycles. The van der Waals surface area contributed by atoms with Gasteiger partial charge in [-0.1, -0.05) is 30.3 Å². The highest BCUT2D eigenvalue weighted by Gasteiger charge is 2.55. The van der Waals surface area contributed by atoms with E-state index in [1.54, 1.807) is 4.90 Å². The molecule has 1 N–H and O–H groups in total. The van der Waals surface area contributed by atoms with E-state index in [1.165, 1.54) is 0 Å². The maximum Gasteiger partial charge on any atom is 0.410 e. The van der Waals surface area contributed by atoms with Gasteiger partial charge in [-0.05, 0) is 45.6 Å². The Hall–Kier alpha value is -1.88. The number of ketones is 1. The van der Waals surface area contributed by atoms with Crippen LogP contribution in [0.25, 0.3) is 0 Å². The average Bonchev–Trinajstić information content (AvgIpc) is 2.90. The van der Waals surface area contributed by atoms with Gasteiger partial charge >= 0.3 is 6.09 Å².